The summed E-state index contributed by atoms with van der Waals surface area (Å²) in [7, 11) is 1.62. The molecule has 2 aliphatic rings. The second kappa shape index (κ2) is 6.44. The second-order valence-corrected chi connectivity index (χ2v) is 7.47. The molecule has 1 aliphatic carbocycles. The van der Waals surface area contributed by atoms with E-state index >= 15 is 0 Å². The van der Waals surface area contributed by atoms with Gasteiger partial charge in [0.2, 0.25) is 5.88 Å². The summed E-state index contributed by atoms with van der Waals surface area (Å²) in [4.78, 5) is 11.8. The van der Waals surface area contributed by atoms with Gasteiger partial charge in [-0.2, -0.15) is 4.52 Å². The number of piperidine rings is 1. The molecule has 0 bridgehead atoms. The zero-order valence-electron chi connectivity index (χ0n) is 15.7. The molecule has 1 saturated heterocycles. The van der Waals surface area contributed by atoms with E-state index in [0.29, 0.717) is 17.7 Å². The number of aryl methyl sites for hydroxylation is 1. The van der Waals surface area contributed by atoms with Crippen LogP contribution in [0.4, 0.5) is 5.82 Å². The predicted octanol–water partition coefficient (Wildman–Crippen LogP) is 2.49. The average molecular weight is 365 g/mol. The Morgan fingerprint density at radius 2 is 1.81 bits per heavy atom. The van der Waals surface area contributed by atoms with E-state index in [1.54, 1.807) is 7.11 Å². The minimum atomic E-state index is 0.335. The number of fused-ring (bicyclic) bond motifs is 1. The number of anilines is 1. The highest BCUT2D eigenvalue weighted by molar-refractivity contribution is 5.42. The lowest BCUT2D eigenvalue weighted by Gasteiger charge is -2.32. The van der Waals surface area contributed by atoms with Gasteiger partial charge in [-0.15, -0.1) is 15.3 Å². The van der Waals surface area contributed by atoms with E-state index in [2.05, 4.69) is 38.2 Å². The molecule has 1 saturated carbocycles. The molecule has 0 aromatic carbocycles. The number of nitrogens with zero attached hydrogens (tertiary/aromatic N) is 7. The van der Waals surface area contributed by atoms with Crippen LogP contribution in [0.1, 0.15) is 54.9 Å². The Morgan fingerprint density at radius 1 is 1.00 bits per heavy atom. The Labute approximate surface area is 157 Å². The van der Waals surface area contributed by atoms with Gasteiger partial charge in [0.15, 0.2) is 11.5 Å². The minimum Gasteiger partial charge on any atom is -0.480 e. The molecule has 8 nitrogen and oxygen atoms in total. The first-order chi connectivity index (χ1) is 13.2. The van der Waals surface area contributed by atoms with Gasteiger partial charge >= 0.3 is 0 Å². The summed E-state index contributed by atoms with van der Waals surface area (Å²) in [5.41, 5.74) is 1.82. The number of rotatable bonds is 4. The minimum absolute atomic E-state index is 0.335. The number of methoxy groups -OCH3 is 1. The van der Waals surface area contributed by atoms with E-state index in [9.17, 15) is 0 Å². The first-order valence-corrected chi connectivity index (χ1v) is 9.58. The molecule has 1 aliphatic heterocycles. The maximum atomic E-state index is 5.25. The average Bonchev–Trinajstić information content (AvgIpc) is 3.47. The Hall–Kier alpha value is -2.77. The van der Waals surface area contributed by atoms with Crippen molar-refractivity contribution >= 4 is 11.5 Å². The van der Waals surface area contributed by atoms with Crippen molar-refractivity contribution in [3.8, 4) is 5.88 Å². The van der Waals surface area contributed by atoms with Crippen LogP contribution in [0.3, 0.4) is 0 Å². The zero-order valence-corrected chi connectivity index (χ0v) is 15.7. The van der Waals surface area contributed by atoms with Crippen molar-refractivity contribution in [3.05, 3.63) is 35.5 Å². The van der Waals surface area contributed by atoms with Gasteiger partial charge in [-0.25, -0.2) is 9.97 Å². The van der Waals surface area contributed by atoms with Gasteiger partial charge in [0, 0.05) is 42.8 Å². The maximum Gasteiger partial charge on any atom is 0.231 e. The molecule has 3 aromatic rings. The molecule has 27 heavy (non-hydrogen) atoms. The lowest BCUT2D eigenvalue weighted by molar-refractivity contribution is 0.386. The van der Waals surface area contributed by atoms with E-state index in [1.165, 1.54) is 12.8 Å². The molecule has 4 heterocycles. The quantitative estimate of drug-likeness (QED) is 0.702. The summed E-state index contributed by atoms with van der Waals surface area (Å²) in [6, 6.07) is 5.80. The Morgan fingerprint density at radius 3 is 2.56 bits per heavy atom. The van der Waals surface area contributed by atoms with Crippen molar-refractivity contribution in [2.24, 2.45) is 0 Å². The van der Waals surface area contributed by atoms with Crippen LogP contribution < -0.4 is 9.64 Å². The highest BCUT2D eigenvalue weighted by Gasteiger charge is 2.29. The van der Waals surface area contributed by atoms with Crippen LogP contribution in [0, 0.1) is 6.92 Å². The molecule has 5 rings (SSSR count). The van der Waals surface area contributed by atoms with Crippen molar-refractivity contribution < 1.29 is 4.74 Å². The zero-order chi connectivity index (χ0) is 18.4. The third-order valence-electron chi connectivity index (χ3n) is 5.46. The lowest BCUT2D eigenvalue weighted by Crippen LogP contribution is -2.34. The molecular formula is C19H23N7O. The number of hydrogen-bond donors (Lipinski definition) is 0. The van der Waals surface area contributed by atoms with E-state index in [4.69, 9.17) is 9.72 Å². The van der Waals surface area contributed by atoms with Crippen molar-refractivity contribution in [1.29, 1.82) is 0 Å². The fourth-order valence-electron chi connectivity index (χ4n) is 3.78. The van der Waals surface area contributed by atoms with Crippen molar-refractivity contribution in [2.75, 3.05) is 25.1 Å². The molecular weight excluding hydrogens is 342 g/mol. The number of ether oxygens (including phenoxy) is 1. The lowest BCUT2D eigenvalue weighted by atomic mass is 9.96. The Kier molecular flexibility index (Phi) is 3.91. The summed E-state index contributed by atoms with van der Waals surface area (Å²) >= 11 is 0. The Bertz CT molecular complexity index is 973. The molecule has 0 atom stereocenters. The molecule has 0 amide bonds. The molecule has 8 heteroatoms. The fraction of sp³-hybridized carbons (Fsp3) is 0.526. The van der Waals surface area contributed by atoms with E-state index in [-0.39, 0.29) is 0 Å². The Balaban J connectivity index is 1.35. The van der Waals surface area contributed by atoms with Gasteiger partial charge in [-0.3, -0.25) is 0 Å². The van der Waals surface area contributed by atoms with Gasteiger partial charge in [-0.1, -0.05) is 0 Å². The monoisotopic (exact) mass is 365 g/mol. The second-order valence-electron chi connectivity index (χ2n) is 7.47. The largest absolute Gasteiger partial charge is 0.480 e. The normalized spacial score (nSPS) is 18.2. The summed E-state index contributed by atoms with van der Waals surface area (Å²) in [5, 5.41) is 13.2. The predicted molar refractivity (Wildman–Crippen MR) is 100 cm³/mol. The topological polar surface area (TPSA) is 81.3 Å². The highest BCUT2D eigenvalue weighted by Crippen LogP contribution is 2.39. The molecule has 0 radical (unpaired) electrons. The maximum absolute atomic E-state index is 5.25. The van der Waals surface area contributed by atoms with E-state index < -0.39 is 0 Å². The SMILES string of the molecule is COc1ccc2nnc(C3CCN(c4cc(C)nc(C5CC5)n4)CC3)n2n1. The van der Waals surface area contributed by atoms with Gasteiger partial charge in [0.25, 0.3) is 0 Å². The summed E-state index contributed by atoms with van der Waals surface area (Å²) in [5.74, 6) is 4.48. The first kappa shape index (κ1) is 16.4. The van der Waals surface area contributed by atoms with E-state index in [0.717, 1.165) is 54.7 Å². The van der Waals surface area contributed by atoms with Crippen LogP contribution in [-0.2, 0) is 0 Å². The van der Waals surface area contributed by atoms with E-state index in [1.807, 2.05) is 16.6 Å². The van der Waals surface area contributed by atoms with Crippen molar-refractivity contribution in [3.63, 3.8) is 0 Å². The van der Waals surface area contributed by atoms with Crippen LogP contribution in [0.15, 0.2) is 18.2 Å². The van der Waals surface area contributed by atoms with Crippen LogP contribution in [-0.4, -0.2) is 50.0 Å². The van der Waals surface area contributed by atoms with Crippen LogP contribution in [0.5, 0.6) is 5.88 Å². The first-order valence-electron chi connectivity index (χ1n) is 9.58. The fourth-order valence-corrected chi connectivity index (χ4v) is 3.78. The standard InChI is InChI=1S/C19H23N7O/c1-12-11-16(21-18(20-12)13-3-4-13)25-9-7-14(8-10-25)19-23-22-15-5-6-17(27-2)24-26(15)19/h5-6,11,13-14H,3-4,7-10H2,1-2H3. The third-order valence-corrected chi connectivity index (χ3v) is 5.46. The van der Waals surface area contributed by atoms with Crippen molar-refractivity contribution in [1.82, 2.24) is 29.8 Å². The van der Waals surface area contributed by atoms with Gasteiger partial charge in [-0.05, 0) is 38.7 Å². The molecule has 0 N–H and O–H groups in total. The molecule has 2 fully saturated rings. The summed E-state index contributed by atoms with van der Waals surface area (Å²) in [6.07, 6.45) is 4.45. The number of hydrogen-bond acceptors (Lipinski definition) is 7. The molecule has 0 spiro atoms. The summed E-state index contributed by atoms with van der Waals surface area (Å²) in [6.45, 7) is 3.96. The smallest absolute Gasteiger partial charge is 0.231 e. The van der Waals surface area contributed by atoms with Gasteiger partial charge in [0.1, 0.15) is 11.6 Å². The number of aromatic nitrogens is 6. The molecule has 3 aromatic heterocycles. The molecule has 0 unspecified atom stereocenters. The molecule has 140 valence electrons. The van der Waals surface area contributed by atoms with Gasteiger partial charge < -0.3 is 9.64 Å². The third kappa shape index (κ3) is 3.09. The van der Waals surface area contributed by atoms with Crippen LogP contribution in [0.25, 0.3) is 5.65 Å². The highest BCUT2D eigenvalue weighted by atomic mass is 16.5. The van der Waals surface area contributed by atoms with Crippen molar-refractivity contribution in [2.45, 2.75) is 44.4 Å². The summed E-state index contributed by atoms with van der Waals surface area (Å²) < 4.78 is 7.06. The van der Waals surface area contributed by atoms with Crippen LogP contribution in [0.2, 0.25) is 0 Å². The van der Waals surface area contributed by atoms with Crippen LogP contribution >= 0.6 is 0 Å². The van der Waals surface area contributed by atoms with Gasteiger partial charge in [0.05, 0.1) is 7.11 Å².